The van der Waals surface area contributed by atoms with E-state index in [0.29, 0.717) is 44.0 Å². The van der Waals surface area contributed by atoms with Gasteiger partial charge in [-0.15, -0.1) is 0 Å². The molecule has 1 fully saturated rings. The Kier molecular flexibility index (Phi) is 7.10. The van der Waals surface area contributed by atoms with Gasteiger partial charge in [-0.3, -0.25) is 9.52 Å². The van der Waals surface area contributed by atoms with Crippen LogP contribution in [0.15, 0.2) is 83.8 Å². The third kappa shape index (κ3) is 5.88. The van der Waals surface area contributed by atoms with Gasteiger partial charge in [0.2, 0.25) is 0 Å². The second-order valence-corrected chi connectivity index (χ2v) is 10.5. The van der Waals surface area contributed by atoms with Crippen molar-refractivity contribution < 1.29 is 31.5 Å². The average molecular weight is 519 g/mol. The molecule has 190 valence electrons. The van der Waals surface area contributed by atoms with Crippen molar-refractivity contribution in [2.24, 2.45) is 0 Å². The van der Waals surface area contributed by atoms with E-state index in [1.54, 1.807) is 4.90 Å². The van der Waals surface area contributed by atoms with Gasteiger partial charge in [-0.25, -0.2) is 8.42 Å². The van der Waals surface area contributed by atoms with E-state index in [1.807, 2.05) is 30.3 Å². The summed E-state index contributed by atoms with van der Waals surface area (Å²) in [6.07, 6.45) is -3.49. The number of piperidine rings is 1. The van der Waals surface area contributed by atoms with E-state index in [9.17, 15) is 31.5 Å². The lowest BCUT2D eigenvalue weighted by molar-refractivity contribution is -0.139. The highest BCUT2D eigenvalue weighted by Crippen LogP contribution is 2.34. The highest BCUT2D eigenvalue weighted by atomic mass is 32.2. The third-order valence-corrected chi connectivity index (χ3v) is 7.66. The fourth-order valence-corrected chi connectivity index (χ4v) is 5.57. The second kappa shape index (κ2) is 9.94. The van der Waals surface area contributed by atoms with Gasteiger partial charge in [0.15, 0.2) is 0 Å². The largest absolute Gasteiger partial charge is 0.417 e. The maximum absolute atomic E-state index is 13.2. The van der Waals surface area contributed by atoms with Gasteiger partial charge < -0.3 is 10.0 Å². The molecule has 1 aliphatic heterocycles. The minimum absolute atomic E-state index is 0.0272. The highest BCUT2D eigenvalue weighted by molar-refractivity contribution is 7.92. The molecule has 36 heavy (non-hydrogen) atoms. The number of nitrogens with one attached hydrogen (secondary N) is 1. The fraction of sp³-hybridized carbons (Fsp3) is 0.269. The minimum Gasteiger partial charge on any atom is -0.389 e. The standard InChI is InChI=1S/C26H25F3N2O4S/c27-26(28,29)22-8-4-5-9-23(22)36(34,35)30-21-12-10-20(11-13-21)24(32)31-16-14-25(33,15-17-31)18-19-6-2-1-3-7-19/h1-13,30,33H,14-18H2. The summed E-state index contributed by atoms with van der Waals surface area (Å²) in [4.78, 5) is 13.7. The molecule has 0 bridgehead atoms. The number of benzene rings is 3. The topological polar surface area (TPSA) is 86.7 Å². The first-order valence-corrected chi connectivity index (χ1v) is 12.8. The maximum Gasteiger partial charge on any atom is 0.417 e. The van der Waals surface area contributed by atoms with Gasteiger partial charge in [0, 0.05) is 30.8 Å². The van der Waals surface area contributed by atoms with E-state index in [-0.39, 0.29) is 11.6 Å². The Labute approximate surface area is 207 Å². The first-order valence-electron chi connectivity index (χ1n) is 11.3. The van der Waals surface area contributed by atoms with E-state index >= 15 is 0 Å². The van der Waals surface area contributed by atoms with Crippen molar-refractivity contribution in [3.05, 3.63) is 95.6 Å². The quantitative estimate of drug-likeness (QED) is 0.495. The molecular weight excluding hydrogens is 493 g/mol. The van der Waals surface area contributed by atoms with Gasteiger partial charge in [0.05, 0.1) is 16.1 Å². The Balaban J connectivity index is 1.40. The summed E-state index contributed by atoms with van der Waals surface area (Å²) in [6, 6.07) is 19.1. The molecule has 10 heteroatoms. The summed E-state index contributed by atoms with van der Waals surface area (Å²) in [6.45, 7) is 0.732. The predicted octanol–water partition coefficient (Wildman–Crippen LogP) is 4.72. The van der Waals surface area contributed by atoms with Crippen LogP contribution in [0.5, 0.6) is 0 Å². The van der Waals surface area contributed by atoms with E-state index in [2.05, 4.69) is 4.72 Å². The van der Waals surface area contributed by atoms with Crippen LogP contribution >= 0.6 is 0 Å². The zero-order valence-corrected chi connectivity index (χ0v) is 20.0. The molecule has 0 saturated carbocycles. The van der Waals surface area contributed by atoms with E-state index < -0.39 is 32.3 Å². The number of halogens is 3. The van der Waals surface area contributed by atoms with Crippen LogP contribution < -0.4 is 4.72 Å². The van der Waals surface area contributed by atoms with Crippen LogP contribution in [0.2, 0.25) is 0 Å². The number of aliphatic hydroxyl groups is 1. The number of nitrogens with zero attached hydrogens (tertiary/aromatic N) is 1. The van der Waals surface area contributed by atoms with Crippen LogP contribution in [0.4, 0.5) is 18.9 Å². The zero-order valence-electron chi connectivity index (χ0n) is 19.2. The minimum atomic E-state index is -4.83. The van der Waals surface area contributed by atoms with Gasteiger partial charge in [-0.2, -0.15) is 13.2 Å². The van der Waals surface area contributed by atoms with Gasteiger partial charge in [-0.05, 0) is 54.8 Å². The number of rotatable bonds is 6. The lowest BCUT2D eigenvalue weighted by Gasteiger charge is -2.38. The SMILES string of the molecule is O=C(c1ccc(NS(=O)(=O)c2ccccc2C(F)(F)F)cc1)N1CCC(O)(Cc2ccccc2)CC1. The first-order chi connectivity index (χ1) is 17.0. The number of hydrogen-bond acceptors (Lipinski definition) is 4. The molecule has 3 aromatic carbocycles. The Morgan fingerprint density at radius 2 is 1.50 bits per heavy atom. The van der Waals surface area contributed by atoms with Crippen molar-refractivity contribution >= 4 is 21.6 Å². The second-order valence-electron chi connectivity index (χ2n) is 8.86. The van der Waals surface area contributed by atoms with Gasteiger partial charge in [-0.1, -0.05) is 42.5 Å². The molecule has 1 saturated heterocycles. The number of carbonyl (C=O) groups excluding carboxylic acids is 1. The molecule has 0 aliphatic carbocycles. The molecule has 0 atom stereocenters. The molecule has 6 nitrogen and oxygen atoms in total. The molecule has 1 heterocycles. The van der Waals surface area contributed by atoms with Crippen molar-refractivity contribution in [3.8, 4) is 0 Å². The maximum atomic E-state index is 13.2. The Hall–Kier alpha value is -3.37. The number of likely N-dealkylation sites (tertiary alicyclic amines) is 1. The lowest BCUT2D eigenvalue weighted by atomic mass is 9.85. The van der Waals surface area contributed by atoms with Crippen LogP contribution in [0.1, 0.15) is 34.3 Å². The third-order valence-electron chi connectivity index (χ3n) is 6.22. The van der Waals surface area contributed by atoms with Crippen LogP contribution in [0.3, 0.4) is 0 Å². The number of carbonyl (C=O) groups is 1. The molecular formula is C26H25F3N2O4S. The molecule has 1 aliphatic rings. The molecule has 0 aromatic heterocycles. The summed E-state index contributed by atoms with van der Waals surface area (Å²) in [5.41, 5.74) is -0.800. The summed E-state index contributed by atoms with van der Waals surface area (Å²) < 4.78 is 67.1. The number of anilines is 1. The number of amides is 1. The summed E-state index contributed by atoms with van der Waals surface area (Å²) in [5, 5.41) is 10.9. The summed E-state index contributed by atoms with van der Waals surface area (Å²) in [7, 11) is -4.51. The van der Waals surface area contributed by atoms with Crippen LogP contribution in [-0.2, 0) is 22.6 Å². The normalized spacial score (nSPS) is 15.9. The Morgan fingerprint density at radius 3 is 2.11 bits per heavy atom. The average Bonchev–Trinajstić information content (AvgIpc) is 2.84. The van der Waals surface area contributed by atoms with E-state index in [0.717, 1.165) is 17.7 Å². The van der Waals surface area contributed by atoms with Crippen molar-refractivity contribution in [3.63, 3.8) is 0 Å². The smallest absolute Gasteiger partial charge is 0.389 e. The number of hydrogen-bond donors (Lipinski definition) is 2. The van der Waals surface area contributed by atoms with Crippen molar-refractivity contribution in [2.45, 2.75) is 35.9 Å². The molecule has 2 N–H and O–H groups in total. The van der Waals surface area contributed by atoms with Gasteiger partial charge >= 0.3 is 6.18 Å². The summed E-state index contributed by atoms with van der Waals surface area (Å²) >= 11 is 0. The molecule has 4 rings (SSSR count). The Morgan fingerprint density at radius 1 is 0.917 bits per heavy atom. The van der Waals surface area contributed by atoms with E-state index in [1.165, 1.54) is 30.3 Å². The fourth-order valence-electron chi connectivity index (χ4n) is 4.29. The predicted molar refractivity (Wildman–Crippen MR) is 129 cm³/mol. The molecule has 0 radical (unpaired) electrons. The highest BCUT2D eigenvalue weighted by Gasteiger charge is 2.37. The number of sulfonamides is 1. The molecule has 0 spiro atoms. The lowest BCUT2D eigenvalue weighted by Crippen LogP contribution is -2.47. The van der Waals surface area contributed by atoms with Gasteiger partial charge in [0.25, 0.3) is 15.9 Å². The zero-order chi connectivity index (χ0) is 26.0. The van der Waals surface area contributed by atoms with Crippen molar-refractivity contribution in [1.82, 2.24) is 4.90 Å². The molecule has 3 aromatic rings. The number of alkyl halides is 3. The molecule has 1 amide bonds. The first kappa shape index (κ1) is 25.7. The monoisotopic (exact) mass is 518 g/mol. The summed E-state index contributed by atoms with van der Waals surface area (Å²) in [5.74, 6) is -0.270. The van der Waals surface area contributed by atoms with Crippen LogP contribution in [0, 0.1) is 0 Å². The molecule has 0 unspecified atom stereocenters. The van der Waals surface area contributed by atoms with Crippen molar-refractivity contribution in [1.29, 1.82) is 0 Å². The van der Waals surface area contributed by atoms with Gasteiger partial charge in [0.1, 0.15) is 0 Å². The Bertz CT molecular complexity index is 1320. The van der Waals surface area contributed by atoms with Crippen LogP contribution in [0.25, 0.3) is 0 Å². The van der Waals surface area contributed by atoms with Crippen molar-refractivity contribution in [2.75, 3.05) is 17.8 Å². The van der Waals surface area contributed by atoms with E-state index in [4.69, 9.17) is 0 Å². The van der Waals surface area contributed by atoms with Crippen LogP contribution in [-0.4, -0.2) is 43.0 Å².